The first-order chi connectivity index (χ1) is 4.34. The summed E-state index contributed by atoms with van der Waals surface area (Å²) in [5.74, 6) is -0.0833. The summed E-state index contributed by atoms with van der Waals surface area (Å²) >= 11 is 0. The van der Waals surface area contributed by atoms with Gasteiger partial charge in [-0.2, -0.15) is 0 Å². The van der Waals surface area contributed by atoms with Crippen molar-refractivity contribution >= 4 is 5.91 Å². The van der Waals surface area contributed by atoms with Gasteiger partial charge >= 0.3 is 0 Å². The fraction of sp³-hybridized carbons (Fsp3) is 0.167. The number of amides is 1. The van der Waals surface area contributed by atoms with Crippen molar-refractivity contribution in [2.24, 2.45) is 0 Å². The molecular formula is C6H8N2O. The smallest absolute Gasteiger partial charge is 0.267 e. The van der Waals surface area contributed by atoms with E-state index in [1.807, 2.05) is 0 Å². The molecule has 0 saturated carbocycles. The number of carbonyl (C=O) groups excluding carboxylic acids is 1. The SMILES string of the molecule is CNC(=O)c1ccc[nH]1. The zero-order chi connectivity index (χ0) is 6.69. The lowest BCUT2D eigenvalue weighted by molar-refractivity contribution is 0.0959. The molecule has 9 heavy (non-hydrogen) atoms. The molecule has 3 nitrogen and oxygen atoms in total. The Morgan fingerprint density at radius 3 is 3.00 bits per heavy atom. The molecule has 1 heterocycles. The minimum Gasteiger partial charge on any atom is -0.357 e. The van der Waals surface area contributed by atoms with E-state index in [1.165, 1.54) is 0 Å². The molecular weight excluding hydrogens is 116 g/mol. The average Bonchev–Trinajstić information content (AvgIpc) is 2.37. The first-order valence-corrected chi connectivity index (χ1v) is 2.70. The molecule has 0 saturated heterocycles. The molecule has 0 bridgehead atoms. The van der Waals surface area contributed by atoms with Crippen LogP contribution in [0.2, 0.25) is 0 Å². The van der Waals surface area contributed by atoms with Gasteiger partial charge in [-0.3, -0.25) is 4.79 Å². The maximum atomic E-state index is 10.7. The van der Waals surface area contributed by atoms with Gasteiger partial charge in [-0.05, 0) is 12.1 Å². The third-order valence-electron chi connectivity index (χ3n) is 1.07. The van der Waals surface area contributed by atoms with Crippen molar-refractivity contribution < 1.29 is 4.79 Å². The average molecular weight is 124 g/mol. The Balaban J connectivity index is 2.77. The van der Waals surface area contributed by atoms with E-state index in [0.29, 0.717) is 5.69 Å². The Bertz CT molecular complexity index is 191. The zero-order valence-electron chi connectivity index (χ0n) is 5.14. The molecule has 1 aromatic heterocycles. The van der Waals surface area contributed by atoms with Gasteiger partial charge in [-0.15, -0.1) is 0 Å². The molecule has 1 aromatic rings. The van der Waals surface area contributed by atoms with Gasteiger partial charge in [0.15, 0.2) is 0 Å². The van der Waals surface area contributed by atoms with E-state index in [9.17, 15) is 4.79 Å². The molecule has 48 valence electrons. The topological polar surface area (TPSA) is 44.9 Å². The first-order valence-electron chi connectivity index (χ1n) is 2.70. The fourth-order valence-corrected chi connectivity index (χ4v) is 0.606. The molecule has 0 unspecified atom stereocenters. The number of aromatic amines is 1. The molecule has 0 aromatic carbocycles. The normalized spacial score (nSPS) is 9.00. The van der Waals surface area contributed by atoms with E-state index >= 15 is 0 Å². The minimum atomic E-state index is -0.0833. The molecule has 0 fully saturated rings. The number of aromatic nitrogens is 1. The minimum absolute atomic E-state index is 0.0833. The van der Waals surface area contributed by atoms with E-state index in [0.717, 1.165) is 0 Å². The van der Waals surface area contributed by atoms with E-state index < -0.39 is 0 Å². The summed E-state index contributed by atoms with van der Waals surface area (Å²) in [5, 5.41) is 2.50. The van der Waals surface area contributed by atoms with Crippen LogP contribution >= 0.6 is 0 Å². The largest absolute Gasteiger partial charge is 0.357 e. The van der Waals surface area contributed by atoms with Crippen LogP contribution in [0.15, 0.2) is 18.3 Å². The van der Waals surface area contributed by atoms with Crippen molar-refractivity contribution in [1.82, 2.24) is 10.3 Å². The highest BCUT2D eigenvalue weighted by molar-refractivity contribution is 5.92. The quantitative estimate of drug-likeness (QED) is 0.558. The van der Waals surface area contributed by atoms with Crippen molar-refractivity contribution in [3.63, 3.8) is 0 Å². The Morgan fingerprint density at radius 2 is 2.56 bits per heavy atom. The summed E-state index contributed by atoms with van der Waals surface area (Å²) in [4.78, 5) is 13.5. The van der Waals surface area contributed by atoms with Crippen LogP contribution in [0.25, 0.3) is 0 Å². The Hall–Kier alpha value is -1.25. The third kappa shape index (κ3) is 1.10. The third-order valence-corrected chi connectivity index (χ3v) is 1.07. The van der Waals surface area contributed by atoms with Gasteiger partial charge in [-0.1, -0.05) is 0 Å². The monoisotopic (exact) mass is 124 g/mol. The van der Waals surface area contributed by atoms with Crippen molar-refractivity contribution in [2.45, 2.75) is 0 Å². The van der Waals surface area contributed by atoms with E-state index in [-0.39, 0.29) is 5.91 Å². The lowest BCUT2D eigenvalue weighted by Gasteiger charge is -1.91. The Kier molecular flexibility index (Phi) is 1.53. The molecule has 1 amide bonds. The zero-order valence-corrected chi connectivity index (χ0v) is 5.14. The Morgan fingerprint density at radius 1 is 1.78 bits per heavy atom. The van der Waals surface area contributed by atoms with Gasteiger partial charge < -0.3 is 10.3 Å². The van der Waals surface area contributed by atoms with Gasteiger partial charge in [0.1, 0.15) is 5.69 Å². The number of rotatable bonds is 1. The molecule has 1 rings (SSSR count). The molecule has 0 atom stereocenters. The summed E-state index contributed by atoms with van der Waals surface area (Å²) in [6.45, 7) is 0. The number of hydrogen-bond donors (Lipinski definition) is 2. The van der Waals surface area contributed by atoms with Crippen molar-refractivity contribution in [2.75, 3.05) is 7.05 Å². The fourth-order valence-electron chi connectivity index (χ4n) is 0.606. The lowest BCUT2D eigenvalue weighted by atomic mass is 10.4. The summed E-state index contributed by atoms with van der Waals surface area (Å²) in [5.41, 5.74) is 0.595. The van der Waals surface area contributed by atoms with Crippen LogP contribution in [-0.2, 0) is 0 Å². The summed E-state index contributed by atoms with van der Waals surface area (Å²) in [6, 6.07) is 3.50. The molecule has 0 radical (unpaired) electrons. The van der Waals surface area contributed by atoms with Crippen LogP contribution in [-0.4, -0.2) is 17.9 Å². The highest BCUT2D eigenvalue weighted by Gasteiger charge is 1.99. The first kappa shape index (κ1) is 5.88. The van der Waals surface area contributed by atoms with Crippen LogP contribution in [0.1, 0.15) is 10.5 Å². The summed E-state index contributed by atoms with van der Waals surface area (Å²) < 4.78 is 0. The molecule has 3 heteroatoms. The van der Waals surface area contributed by atoms with Gasteiger partial charge in [0.05, 0.1) is 0 Å². The number of carbonyl (C=O) groups is 1. The van der Waals surface area contributed by atoms with Crippen LogP contribution in [0.4, 0.5) is 0 Å². The van der Waals surface area contributed by atoms with Crippen molar-refractivity contribution in [3.05, 3.63) is 24.0 Å². The van der Waals surface area contributed by atoms with Crippen LogP contribution in [0, 0.1) is 0 Å². The summed E-state index contributed by atoms with van der Waals surface area (Å²) in [7, 11) is 1.60. The van der Waals surface area contributed by atoms with Gasteiger partial charge in [0, 0.05) is 13.2 Å². The maximum absolute atomic E-state index is 10.7. The van der Waals surface area contributed by atoms with Crippen LogP contribution in [0.3, 0.4) is 0 Å². The van der Waals surface area contributed by atoms with Gasteiger partial charge in [0.25, 0.3) is 5.91 Å². The number of nitrogens with one attached hydrogen (secondary N) is 2. The van der Waals surface area contributed by atoms with E-state index in [1.54, 1.807) is 25.4 Å². The maximum Gasteiger partial charge on any atom is 0.267 e. The highest BCUT2D eigenvalue weighted by atomic mass is 16.1. The highest BCUT2D eigenvalue weighted by Crippen LogP contribution is 1.91. The van der Waals surface area contributed by atoms with E-state index in [2.05, 4.69) is 10.3 Å². The van der Waals surface area contributed by atoms with Crippen LogP contribution < -0.4 is 5.32 Å². The second-order valence-corrected chi connectivity index (χ2v) is 1.66. The molecule has 0 aliphatic heterocycles. The van der Waals surface area contributed by atoms with Gasteiger partial charge in [0.2, 0.25) is 0 Å². The molecule has 2 N–H and O–H groups in total. The Labute approximate surface area is 53.1 Å². The van der Waals surface area contributed by atoms with Crippen LogP contribution in [0.5, 0.6) is 0 Å². The lowest BCUT2D eigenvalue weighted by Crippen LogP contribution is -2.17. The standard InChI is InChI=1S/C6H8N2O/c1-7-6(9)5-3-2-4-8-5/h2-4,8H,1H3,(H,7,9). The van der Waals surface area contributed by atoms with Crippen molar-refractivity contribution in [3.8, 4) is 0 Å². The number of hydrogen-bond acceptors (Lipinski definition) is 1. The molecule has 0 aliphatic rings. The second kappa shape index (κ2) is 2.35. The molecule has 0 aliphatic carbocycles. The van der Waals surface area contributed by atoms with Crippen molar-refractivity contribution in [1.29, 1.82) is 0 Å². The van der Waals surface area contributed by atoms with E-state index in [4.69, 9.17) is 0 Å². The number of H-pyrrole nitrogens is 1. The molecule has 0 spiro atoms. The second-order valence-electron chi connectivity index (χ2n) is 1.66. The summed E-state index contributed by atoms with van der Waals surface area (Å²) in [6.07, 6.45) is 1.71. The van der Waals surface area contributed by atoms with Gasteiger partial charge in [-0.25, -0.2) is 0 Å². The predicted molar refractivity (Wildman–Crippen MR) is 34.2 cm³/mol. The predicted octanol–water partition coefficient (Wildman–Crippen LogP) is 0.374.